The van der Waals surface area contributed by atoms with Gasteiger partial charge in [-0.1, -0.05) is 0 Å². The lowest BCUT2D eigenvalue weighted by Gasteiger charge is -2.31. The summed E-state index contributed by atoms with van der Waals surface area (Å²) in [5.41, 5.74) is 1.40. The number of aromatic nitrogens is 4. The summed E-state index contributed by atoms with van der Waals surface area (Å²) in [6.45, 7) is 0.602. The Balaban J connectivity index is 1.84. The van der Waals surface area contributed by atoms with Crippen LogP contribution in [0.3, 0.4) is 0 Å². The van der Waals surface area contributed by atoms with Gasteiger partial charge in [0.15, 0.2) is 5.82 Å². The number of halogens is 2. The van der Waals surface area contributed by atoms with Crippen molar-refractivity contribution in [2.45, 2.75) is 25.2 Å². The molecule has 0 bridgehead atoms. The molecule has 0 aromatic carbocycles. The Labute approximate surface area is 150 Å². The minimum absolute atomic E-state index is 0.0776. The second-order valence-corrected chi connectivity index (χ2v) is 6.36. The first-order valence-corrected chi connectivity index (χ1v) is 8.35. The van der Waals surface area contributed by atoms with Crippen molar-refractivity contribution in [3.8, 4) is 11.5 Å². The normalized spacial score (nSPS) is 15.3. The number of rotatable bonds is 4. The molecule has 0 aliphatic carbocycles. The number of nitrogens with zero attached hydrogens (tertiary/aromatic N) is 6. The van der Waals surface area contributed by atoms with Crippen LogP contribution < -0.4 is 4.90 Å². The Morgan fingerprint density at radius 1 is 1.23 bits per heavy atom. The fourth-order valence-corrected chi connectivity index (χ4v) is 2.95. The Morgan fingerprint density at radius 3 is 2.54 bits per heavy atom. The molecule has 1 saturated heterocycles. The van der Waals surface area contributed by atoms with Crippen LogP contribution in [0.1, 0.15) is 24.5 Å². The van der Waals surface area contributed by atoms with Crippen LogP contribution in [-0.4, -0.2) is 64.4 Å². The molecule has 0 atom stereocenters. The van der Waals surface area contributed by atoms with E-state index in [1.54, 1.807) is 18.6 Å². The summed E-state index contributed by atoms with van der Waals surface area (Å²) in [7, 11) is 3.77. The van der Waals surface area contributed by atoms with Gasteiger partial charge in [0.05, 0.1) is 6.20 Å². The smallest absolute Gasteiger partial charge is 0.315 e. The molecule has 0 spiro atoms. The van der Waals surface area contributed by atoms with Gasteiger partial charge in [0.1, 0.15) is 11.5 Å². The van der Waals surface area contributed by atoms with Gasteiger partial charge in [0, 0.05) is 57.3 Å². The zero-order valence-corrected chi connectivity index (χ0v) is 14.6. The quantitative estimate of drug-likeness (QED) is 0.828. The molecule has 1 fully saturated rings. The molecule has 0 unspecified atom stereocenters. The average molecular weight is 362 g/mol. The molecular formula is C17H20F2N6O. The van der Waals surface area contributed by atoms with Gasteiger partial charge in [-0.25, -0.2) is 15.0 Å². The van der Waals surface area contributed by atoms with E-state index in [9.17, 15) is 13.6 Å². The number of carbonyl (C=O) groups is 1. The van der Waals surface area contributed by atoms with Crippen LogP contribution in [0.4, 0.5) is 14.6 Å². The van der Waals surface area contributed by atoms with Gasteiger partial charge < -0.3 is 9.80 Å². The van der Waals surface area contributed by atoms with E-state index >= 15 is 0 Å². The monoisotopic (exact) mass is 362 g/mol. The van der Waals surface area contributed by atoms with Gasteiger partial charge >= 0.3 is 6.43 Å². The second-order valence-electron chi connectivity index (χ2n) is 6.36. The van der Waals surface area contributed by atoms with Crippen LogP contribution in [0, 0.1) is 0 Å². The maximum atomic E-state index is 12.6. The zero-order chi connectivity index (χ0) is 18.7. The molecule has 2 aromatic heterocycles. The van der Waals surface area contributed by atoms with E-state index in [0.29, 0.717) is 37.4 Å². The van der Waals surface area contributed by atoms with Crippen molar-refractivity contribution in [2.24, 2.45) is 0 Å². The summed E-state index contributed by atoms with van der Waals surface area (Å²) < 4.78 is 25.2. The Kier molecular flexibility index (Phi) is 5.34. The van der Waals surface area contributed by atoms with Gasteiger partial charge in [-0.05, 0) is 12.8 Å². The average Bonchev–Trinajstić information content (AvgIpc) is 2.67. The van der Waals surface area contributed by atoms with E-state index in [1.165, 1.54) is 4.90 Å². The molecule has 0 radical (unpaired) electrons. The number of likely N-dealkylation sites (tertiary alicyclic amines) is 1. The highest BCUT2D eigenvalue weighted by Crippen LogP contribution is 2.30. The number of hydrogen-bond acceptors (Lipinski definition) is 6. The van der Waals surface area contributed by atoms with Crippen molar-refractivity contribution in [1.82, 2.24) is 24.8 Å². The first-order chi connectivity index (χ1) is 12.5. The molecule has 1 amide bonds. The number of alkyl halides is 2. The van der Waals surface area contributed by atoms with Crippen LogP contribution in [0.5, 0.6) is 0 Å². The summed E-state index contributed by atoms with van der Waals surface area (Å²) in [6, 6.07) is 1.90. The van der Waals surface area contributed by atoms with Crippen molar-refractivity contribution < 1.29 is 13.6 Å². The fraction of sp³-hybridized carbons (Fsp3) is 0.471. The van der Waals surface area contributed by atoms with Crippen molar-refractivity contribution in [3.63, 3.8) is 0 Å². The molecule has 26 heavy (non-hydrogen) atoms. The summed E-state index contributed by atoms with van der Waals surface area (Å²) in [4.78, 5) is 32.0. The maximum Gasteiger partial charge on any atom is 0.315 e. The number of carbonyl (C=O) groups excluding carboxylic acids is 1. The standard InChI is InChI=1S/C17H20F2N6O/c1-24(2)14-9-12(22-16(23-14)13-10-20-5-6-21-13)11-3-7-25(8-4-11)17(26)15(18)19/h5-6,9-11,15H,3-4,7-8H2,1-2H3. The van der Waals surface area contributed by atoms with Gasteiger partial charge in [-0.2, -0.15) is 8.78 Å². The molecular weight excluding hydrogens is 342 g/mol. The largest absolute Gasteiger partial charge is 0.363 e. The third-order valence-corrected chi connectivity index (χ3v) is 4.39. The van der Waals surface area contributed by atoms with E-state index in [4.69, 9.17) is 0 Å². The molecule has 138 valence electrons. The first-order valence-electron chi connectivity index (χ1n) is 8.35. The number of amides is 1. The fourth-order valence-electron chi connectivity index (χ4n) is 2.95. The van der Waals surface area contributed by atoms with E-state index in [-0.39, 0.29) is 5.92 Å². The van der Waals surface area contributed by atoms with Crippen LogP contribution in [0.15, 0.2) is 24.7 Å². The highest BCUT2D eigenvalue weighted by atomic mass is 19.3. The summed E-state index contributed by atoms with van der Waals surface area (Å²) >= 11 is 0. The SMILES string of the molecule is CN(C)c1cc(C2CCN(C(=O)C(F)F)CC2)nc(-c2cnccn2)n1. The van der Waals surface area contributed by atoms with Crippen LogP contribution in [-0.2, 0) is 4.79 Å². The van der Waals surface area contributed by atoms with Crippen molar-refractivity contribution in [3.05, 3.63) is 30.4 Å². The van der Waals surface area contributed by atoms with Gasteiger partial charge in [-0.15, -0.1) is 0 Å². The Bertz CT molecular complexity index is 763. The maximum absolute atomic E-state index is 12.6. The third-order valence-electron chi connectivity index (χ3n) is 4.39. The van der Waals surface area contributed by atoms with Crippen LogP contribution in [0.2, 0.25) is 0 Å². The molecule has 3 heterocycles. The molecule has 0 saturated carbocycles. The van der Waals surface area contributed by atoms with Gasteiger partial charge in [0.25, 0.3) is 5.91 Å². The molecule has 0 N–H and O–H groups in total. The minimum atomic E-state index is -2.95. The highest BCUT2D eigenvalue weighted by Gasteiger charge is 2.29. The number of piperidine rings is 1. The third kappa shape index (κ3) is 3.92. The lowest BCUT2D eigenvalue weighted by atomic mass is 9.93. The predicted octanol–water partition coefficient (Wildman–Crippen LogP) is 1.97. The minimum Gasteiger partial charge on any atom is -0.363 e. The zero-order valence-electron chi connectivity index (χ0n) is 14.6. The molecule has 7 nitrogen and oxygen atoms in total. The highest BCUT2D eigenvalue weighted by molar-refractivity contribution is 5.79. The van der Waals surface area contributed by atoms with Gasteiger partial charge in [0.2, 0.25) is 0 Å². The lowest BCUT2D eigenvalue weighted by Crippen LogP contribution is -2.41. The predicted molar refractivity (Wildman–Crippen MR) is 91.9 cm³/mol. The van der Waals surface area contributed by atoms with Crippen molar-refractivity contribution in [1.29, 1.82) is 0 Å². The first kappa shape index (κ1) is 18.1. The molecule has 2 aromatic rings. The summed E-state index contributed by atoms with van der Waals surface area (Å²) in [5.74, 6) is 0.196. The number of hydrogen-bond donors (Lipinski definition) is 0. The second kappa shape index (κ2) is 7.67. The molecule has 1 aliphatic rings. The lowest BCUT2D eigenvalue weighted by molar-refractivity contribution is -0.143. The Morgan fingerprint density at radius 2 is 1.96 bits per heavy atom. The Hall–Kier alpha value is -2.71. The number of anilines is 1. The molecule has 9 heteroatoms. The van der Waals surface area contributed by atoms with E-state index in [2.05, 4.69) is 19.9 Å². The molecule has 3 rings (SSSR count). The van der Waals surface area contributed by atoms with E-state index in [1.807, 2.05) is 25.1 Å². The summed E-state index contributed by atoms with van der Waals surface area (Å²) in [6.07, 6.45) is 2.98. The van der Waals surface area contributed by atoms with Crippen molar-refractivity contribution >= 4 is 11.7 Å². The summed E-state index contributed by atoms with van der Waals surface area (Å²) in [5, 5.41) is 0. The van der Waals surface area contributed by atoms with Gasteiger partial charge in [-0.3, -0.25) is 9.78 Å². The van der Waals surface area contributed by atoms with Crippen LogP contribution >= 0.6 is 0 Å². The van der Waals surface area contributed by atoms with E-state index in [0.717, 1.165) is 11.5 Å². The van der Waals surface area contributed by atoms with Crippen molar-refractivity contribution in [2.75, 3.05) is 32.1 Å². The van der Waals surface area contributed by atoms with E-state index < -0.39 is 12.3 Å². The van der Waals surface area contributed by atoms with Crippen LogP contribution in [0.25, 0.3) is 11.5 Å². The molecule has 1 aliphatic heterocycles. The topological polar surface area (TPSA) is 75.1 Å².